The van der Waals surface area contributed by atoms with Crippen molar-refractivity contribution >= 4 is 16.3 Å². The van der Waals surface area contributed by atoms with Crippen molar-refractivity contribution in [3.8, 4) is 0 Å². The van der Waals surface area contributed by atoms with Gasteiger partial charge in [-0.3, -0.25) is 0 Å². The van der Waals surface area contributed by atoms with Crippen LogP contribution in [0.4, 0.5) is 0 Å². The van der Waals surface area contributed by atoms with Gasteiger partial charge in [0.1, 0.15) is 0 Å². The monoisotopic (exact) mass is 250 g/mol. The van der Waals surface area contributed by atoms with E-state index >= 15 is 0 Å². The molecule has 0 saturated carbocycles. The van der Waals surface area contributed by atoms with Crippen LogP contribution in [0.3, 0.4) is 0 Å². The number of hydrogen-bond acceptors (Lipinski definition) is 8. The Kier molecular flexibility index (Phi) is 21.5. The molecule has 0 aromatic rings. The molecule has 0 fully saturated rings. The summed E-state index contributed by atoms with van der Waals surface area (Å²) >= 11 is 0. The van der Waals surface area contributed by atoms with Gasteiger partial charge in [-0.1, -0.05) is 7.43 Å². The average molecular weight is 250 g/mol. The second kappa shape index (κ2) is 15.4. The van der Waals surface area contributed by atoms with Gasteiger partial charge in [-0.15, -0.1) is 9.05 Å². The lowest BCUT2D eigenvalue weighted by Crippen LogP contribution is -1.98. The highest BCUT2D eigenvalue weighted by Crippen LogP contribution is 2.19. The Hall–Kier alpha value is -0.0400. The molecule has 14 heavy (non-hydrogen) atoms. The summed E-state index contributed by atoms with van der Waals surface area (Å²) in [6, 6.07) is 0. The molecule has 0 heterocycles. The van der Waals surface area contributed by atoms with Crippen molar-refractivity contribution in [2.24, 2.45) is 11.5 Å². The van der Waals surface area contributed by atoms with Gasteiger partial charge < -0.3 is 11.5 Å². The lowest BCUT2D eigenvalue weighted by molar-refractivity contribution is -0.141. The fourth-order valence-corrected chi connectivity index (χ4v) is 0.568. The standard InChI is InChI=1S/C2H7NO2P.CH4NO4P.CH4/c1-6(4)5-2-3;2-1-5-7(4)6-3;/h2-3H2,1H3;1-2H2;1H4/q+1;;/p+1. The van der Waals surface area contributed by atoms with Crippen LogP contribution in [-0.2, 0) is 22.9 Å². The van der Waals surface area contributed by atoms with Gasteiger partial charge in [-0.05, 0) is 4.57 Å². The summed E-state index contributed by atoms with van der Waals surface area (Å²) in [4.78, 5) is 0. The number of rotatable bonds is 5. The highest BCUT2D eigenvalue weighted by Gasteiger charge is 2.17. The third-order valence-electron chi connectivity index (χ3n) is 0.503. The highest BCUT2D eigenvalue weighted by atomic mass is 31.1. The van der Waals surface area contributed by atoms with Crippen molar-refractivity contribution < 1.29 is 28.1 Å². The van der Waals surface area contributed by atoms with Crippen LogP contribution in [0.1, 0.15) is 7.43 Å². The van der Waals surface area contributed by atoms with Crippen molar-refractivity contribution in [2.45, 2.75) is 7.43 Å². The topological polar surface area (TPSA) is 134 Å². The third-order valence-corrected chi connectivity index (χ3v) is 1.51. The van der Waals surface area contributed by atoms with Gasteiger partial charge in [0.15, 0.2) is 20.1 Å². The van der Waals surface area contributed by atoms with E-state index in [0.29, 0.717) is 0 Å². The smallest absolute Gasteiger partial charge is 0.305 e. The SMILES string of the molecule is C.C[P+](=O)OCN.NCO[P+](=O)OO. The Balaban J connectivity index is -0.000000163. The molecule has 0 aliphatic rings. The lowest BCUT2D eigenvalue weighted by Gasteiger charge is -1.73. The summed E-state index contributed by atoms with van der Waals surface area (Å²) in [5, 5.41) is 7.50. The normalized spacial score (nSPS) is 10.6. The van der Waals surface area contributed by atoms with E-state index in [-0.39, 0.29) is 20.9 Å². The molecule has 10 heteroatoms. The van der Waals surface area contributed by atoms with E-state index < -0.39 is 16.3 Å². The molecule has 86 valence electrons. The van der Waals surface area contributed by atoms with Crippen molar-refractivity contribution in [3.63, 3.8) is 0 Å². The van der Waals surface area contributed by atoms with Crippen LogP contribution < -0.4 is 11.5 Å². The first-order valence-corrected chi connectivity index (χ1v) is 5.66. The van der Waals surface area contributed by atoms with E-state index in [2.05, 4.69) is 13.7 Å². The molecule has 0 spiro atoms. The van der Waals surface area contributed by atoms with Crippen molar-refractivity contribution in [1.82, 2.24) is 0 Å². The highest BCUT2D eigenvalue weighted by molar-refractivity contribution is 7.38. The molecule has 0 aliphatic carbocycles. The minimum Gasteiger partial charge on any atom is -0.305 e. The predicted molar refractivity (Wildman–Crippen MR) is 51.9 cm³/mol. The molecular weight excluding hydrogens is 234 g/mol. The molecule has 0 bridgehead atoms. The van der Waals surface area contributed by atoms with E-state index in [9.17, 15) is 9.13 Å². The Bertz CT molecular complexity index is 157. The van der Waals surface area contributed by atoms with Crippen molar-refractivity contribution in [1.29, 1.82) is 0 Å². The molecule has 8 nitrogen and oxygen atoms in total. The molecule has 2 unspecified atom stereocenters. The summed E-state index contributed by atoms with van der Waals surface area (Å²) in [5.41, 5.74) is 9.53. The van der Waals surface area contributed by atoms with E-state index in [0.717, 1.165) is 0 Å². The summed E-state index contributed by atoms with van der Waals surface area (Å²) in [6.45, 7) is 1.28. The van der Waals surface area contributed by atoms with Crippen molar-refractivity contribution in [3.05, 3.63) is 0 Å². The molecule has 0 aliphatic heterocycles. The van der Waals surface area contributed by atoms with Gasteiger partial charge in [0, 0.05) is 4.57 Å². The van der Waals surface area contributed by atoms with Gasteiger partial charge in [-0.25, -0.2) is 5.26 Å². The van der Waals surface area contributed by atoms with Gasteiger partial charge >= 0.3 is 16.3 Å². The van der Waals surface area contributed by atoms with Crippen LogP contribution in [0.5, 0.6) is 0 Å². The Morgan fingerprint density at radius 2 is 1.64 bits per heavy atom. The fourth-order valence-electron chi connectivity index (χ4n) is 0.189. The van der Waals surface area contributed by atoms with E-state index in [1.807, 2.05) is 0 Å². The maximum Gasteiger partial charge on any atom is 0.729 e. The molecule has 0 radical (unpaired) electrons. The van der Waals surface area contributed by atoms with Crippen LogP contribution in [0.2, 0.25) is 0 Å². The van der Waals surface area contributed by atoms with E-state index in [4.69, 9.17) is 16.7 Å². The zero-order valence-corrected chi connectivity index (χ0v) is 8.74. The Morgan fingerprint density at radius 1 is 1.21 bits per heavy atom. The maximum absolute atomic E-state index is 9.89. The van der Waals surface area contributed by atoms with Crippen molar-refractivity contribution in [2.75, 3.05) is 20.1 Å². The quantitative estimate of drug-likeness (QED) is 0.284. The molecular formula is C4H16N2O6P2+2. The summed E-state index contributed by atoms with van der Waals surface area (Å²) in [7, 11) is -3.87. The van der Waals surface area contributed by atoms with Gasteiger partial charge in [0.25, 0.3) is 0 Å². The Labute approximate surface area is 84.3 Å². The third kappa shape index (κ3) is 22.7. The van der Waals surface area contributed by atoms with Gasteiger partial charge in [-0.2, -0.15) is 0 Å². The fraction of sp³-hybridized carbons (Fsp3) is 1.00. The van der Waals surface area contributed by atoms with Crippen LogP contribution in [0.25, 0.3) is 0 Å². The maximum atomic E-state index is 9.89. The first-order valence-electron chi connectivity index (χ1n) is 2.94. The lowest BCUT2D eigenvalue weighted by atomic mass is 11.4. The molecule has 2 atom stereocenters. The summed E-state index contributed by atoms with van der Waals surface area (Å²) in [6.07, 6.45) is 0. The first-order chi connectivity index (χ1) is 6.08. The van der Waals surface area contributed by atoms with E-state index in [1.165, 1.54) is 6.66 Å². The predicted octanol–water partition coefficient (Wildman–Crippen LogP) is 0.994. The van der Waals surface area contributed by atoms with Gasteiger partial charge in [0.05, 0.1) is 4.67 Å². The first kappa shape index (κ1) is 19.5. The summed E-state index contributed by atoms with van der Waals surface area (Å²) < 4.78 is 31.2. The van der Waals surface area contributed by atoms with Crippen LogP contribution in [0.15, 0.2) is 0 Å². The van der Waals surface area contributed by atoms with Gasteiger partial charge in [0.2, 0.25) is 0 Å². The molecule has 5 N–H and O–H groups in total. The Morgan fingerprint density at radius 3 is 1.71 bits per heavy atom. The average Bonchev–Trinajstić information content (AvgIpc) is 2.05. The molecule has 0 amide bonds. The largest absolute Gasteiger partial charge is 0.729 e. The molecule has 0 saturated heterocycles. The second-order valence-electron chi connectivity index (χ2n) is 1.34. The van der Waals surface area contributed by atoms with Crippen LogP contribution >= 0.6 is 16.3 Å². The summed E-state index contributed by atoms with van der Waals surface area (Å²) in [5.74, 6) is 0. The molecule has 0 aromatic carbocycles. The zero-order chi connectivity index (χ0) is 10.7. The second-order valence-corrected chi connectivity index (χ2v) is 3.34. The van der Waals surface area contributed by atoms with E-state index in [1.54, 1.807) is 0 Å². The minimum atomic E-state index is -2.40. The number of hydrogen-bond donors (Lipinski definition) is 3. The molecule has 0 aromatic heterocycles. The van der Waals surface area contributed by atoms with Crippen LogP contribution in [-0.4, -0.2) is 25.4 Å². The molecule has 0 rings (SSSR count). The number of nitrogens with two attached hydrogens (primary N) is 2. The van der Waals surface area contributed by atoms with Crippen LogP contribution in [0, 0.1) is 0 Å². The zero-order valence-electron chi connectivity index (χ0n) is 6.95. The minimum absolute atomic E-state index is 0.